The van der Waals surface area contributed by atoms with E-state index in [0.29, 0.717) is 17.1 Å². The molecule has 0 saturated carbocycles. The predicted octanol–water partition coefficient (Wildman–Crippen LogP) is 2.27. The molecule has 0 radical (unpaired) electrons. The fourth-order valence-electron chi connectivity index (χ4n) is 1.98. The molecule has 2 aromatic carbocycles. The first-order chi connectivity index (χ1) is 10.6. The Morgan fingerprint density at radius 2 is 1.77 bits per heavy atom. The predicted molar refractivity (Wildman–Crippen MR) is 78.6 cm³/mol. The third-order valence-electron chi connectivity index (χ3n) is 3.13. The largest absolute Gasteiger partial charge is 0.322 e. The van der Waals surface area contributed by atoms with Gasteiger partial charge in [0.2, 0.25) is 0 Å². The summed E-state index contributed by atoms with van der Waals surface area (Å²) in [4.78, 5) is 12.1. The molecule has 110 valence electrons. The van der Waals surface area contributed by atoms with E-state index in [2.05, 4.69) is 20.8 Å². The fourth-order valence-corrected chi connectivity index (χ4v) is 1.98. The van der Waals surface area contributed by atoms with E-state index in [1.165, 1.54) is 24.3 Å². The molecule has 0 aliphatic carbocycles. The van der Waals surface area contributed by atoms with Crippen LogP contribution in [0, 0.1) is 5.82 Å². The maximum absolute atomic E-state index is 12.8. The Balaban J connectivity index is 1.76. The quantitative estimate of drug-likeness (QED) is 0.805. The number of halogens is 1. The number of tetrazole rings is 1. The van der Waals surface area contributed by atoms with Gasteiger partial charge in [-0.1, -0.05) is 12.1 Å². The highest BCUT2D eigenvalue weighted by molar-refractivity contribution is 6.04. The van der Waals surface area contributed by atoms with Gasteiger partial charge in [-0.15, -0.1) is 5.10 Å². The van der Waals surface area contributed by atoms with Crippen molar-refractivity contribution < 1.29 is 9.18 Å². The Morgan fingerprint density at radius 1 is 1.09 bits per heavy atom. The van der Waals surface area contributed by atoms with Crippen LogP contribution in [0.4, 0.5) is 10.1 Å². The first-order valence-electron chi connectivity index (χ1n) is 6.53. The van der Waals surface area contributed by atoms with Crippen LogP contribution in [0.2, 0.25) is 0 Å². The van der Waals surface area contributed by atoms with Crippen LogP contribution >= 0.6 is 0 Å². The van der Waals surface area contributed by atoms with E-state index in [4.69, 9.17) is 0 Å². The van der Waals surface area contributed by atoms with Gasteiger partial charge in [0.25, 0.3) is 5.91 Å². The summed E-state index contributed by atoms with van der Waals surface area (Å²) in [5, 5.41) is 13.9. The number of amides is 1. The molecule has 3 rings (SSSR count). The van der Waals surface area contributed by atoms with Gasteiger partial charge in [0, 0.05) is 23.9 Å². The van der Waals surface area contributed by atoms with E-state index in [-0.39, 0.29) is 11.7 Å². The van der Waals surface area contributed by atoms with Gasteiger partial charge in [-0.3, -0.25) is 4.79 Å². The van der Waals surface area contributed by atoms with Crippen molar-refractivity contribution in [1.82, 2.24) is 20.2 Å². The van der Waals surface area contributed by atoms with Gasteiger partial charge in [0.1, 0.15) is 5.82 Å². The zero-order chi connectivity index (χ0) is 15.5. The van der Waals surface area contributed by atoms with Crippen LogP contribution in [0.25, 0.3) is 11.4 Å². The highest BCUT2D eigenvalue weighted by Crippen LogP contribution is 2.17. The van der Waals surface area contributed by atoms with Gasteiger partial charge >= 0.3 is 0 Å². The molecule has 0 saturated heterocycles. The zero-order valence-corrected chi connectivity index (χ0v) is 11.7. The number of hydrogen-bond donors (Lipinski definition) is 1. The number of aromatic nitrogens is 4. The molecule has 1 N–H and O–H groups in total. The smallest absolute Gasteiger partial charge is 0.255 e. The molecule has 0 unspecified atom stereocenters. The number of anilines is 1. The van der Waals surface area contributed by atoms with Gasteiger partial charge in [-0.2, -0.15) is 0 Å². The average molecular weight is 297 g/mol. The monoisotopic (exact) mass is 297 g/mol. The van der Waals surface area contributed by atoms with Gasteiger partial charge in [-0.25, -0.2) is 9.07 Å². The number of benzene rings is 2. The Labute approximate surface area is 125 Å². The third-order valence-corrected chi connectivity index (χ3v) is 3.13. The molecule has 0 aliphatic heterocycles. The molecule has 0 aliphatic rings. The minimum absolute atomic E-state index is 0.269. The third kappa shape index (κ3) is 2.83. The molecule has 0 spiro atoms. The molecular formula is C15H12FN5O. The Morgan fingerprint density at radius 3 is 2.36 bits per heavy atom. The molecule has 1 heterocycles. The Kier molecular flexibility index (Phi) is 3.61. The zero-order valence-electron chi connectivity index (χ0n) is 11.7. The lowest BCUT2D eigenvalue weighted by molar-refractivity contribution is 0.102. The number of carbonyl (C=O) groups is 1. The molecule has 0 fully saturated rings. The van der Waals surface area contributed by atoms with Gasteiger partial charge < -0.3 is 5.32 Å². The average Bonchev–Trinajstić information content (AvgIpc) is 2.96. The highest BCUT2D eigenvalue weighted by atomic mass is 19.1. The van der Waals surface area contributed by atoms with Crippen molar-refractivity contribution >= 4 is 11.6 Å². The topological polar surface area (TPSA) is 72.7 Å². The standard InChI is InChI=1S/C15H12FN5O/c1-21-14(18-19-20-21)10-2-4-11(5-3-10)15(22)17-13-8-6-12(16)7-9-13/h2-9H,1H3,(H,17,22). The maximum atomic E-state index is 12.8. The number of carbonyl (C=O) groups excluding carboxylic acids is 1. The summed E-state index contributed by atoms with van der Waals surface area (Å²) in [6.07, 6.45) is 0. The van der Waals surface area contributed by atoms with Gasteiger partial charge in [0.05, 0.1) is 0 Å². The van der Waals surface area contributed by atoms with E-state index >= 15 is 0 Å². The summed E-state index contributed by atoms with van der Waals surface area (Å²) in [6.45, 7) is 0. The second-order valence-electron chi connectivity index (χ2n) is 4.66. The van der Waals surface area contributed by atoms with Crippen molar-refractivity contribution in [2.75, 3.05) is 5.32 Å². The van der Waals surface area contributed by atoms with Crippen LogP contribution < -0.4 is 5.32 Å². The Bertz CT molecular complexity index is 796. The van der Waals surface area contributed by atoms with E-state index in [9.17, 15) is 9.18 Å². The second kappa shape index (κ2) is 5.72. The number of aryl methyl sites for hydroxylation is 1. The molecule has 22 heavy (non-hydrogen) atoms. The lowest BCUT2D eigenvalue weighted by Gasteiger charge is -2.06. The minimum Gasteiger partial charge on any atom is -0.322 e. The van der Waals surface area contributed by atoms with Gasteiger partial charge in [0.15, 0.2) is 5.82 Å². The lowest BCUT2D eigenvalue weighted by Crippen LogP contribution is -2.11. The van der Waals surface area contributed by atoms with Crippen molar-refractivity contribution in [2.45, 2.75) is 0 Å². The molecule has 7 heteroatoms. The number of nitrogens with zero attached hydrogens (tertiary/aromatic N) is 4. The number of rotatable bonds is 3. The normalized spacial score (nSPS) is 10.5. The summed E-state index contributed by atoms with van der Waals surface area (Å²) >= 11 is 0. The number of hydrogen-bond acceptors (Lipinski definition) is 4. The second-order valence-corrected chi connectivity index (χ2v) is 4.66. The minimum atomic E-state index is -0.348. The van der Waals surface area contributed by atoms with Crippen LogP contribution in [0.5, 0.6) is 0 Å². The summed E-state index contributed by atoms with van der Waals surface area (Å²) < 4.78 is 14.4. The molecule has 1 amide bonds. The number of nitrogens with one attached hydrogen (secondary N) is 1. The summed E-state index contributed by atoms with van der Waals surface area (Å²) in [5.74, 6) is -0.000574. The van der Waals surface area contributed by atoms with E-state index in [0.717, 1.165) is 5.56 Å². The summed E-state index contributed by atoms with van der Waals surface area (Å²) in [6, 6.07) is 12.5. The van der Waals surface area contributed by atoms with Crippen LogP contribution in [0.3, 0.4) is 0 Å². The van der Waals surface area contributed by atoms with Crippen LogP contribution in [0.15, 0.2) is 48.5 Å². The molecule has 1 aromatic heterocycles. The first-order valence-corrected chi connectivity index (χ1v) is 6.53. The maximum Gasteiger partial charge on any atom is 0.255 e. The molecule has 0 bridgehead atoms. The molecular weight excluding hydrogens is 285 g/mol. The molecule has 6 nitrogen and oxygen atoms in total. The lowest BCUT2D eigenvalue weighted by atomic mass is 10.1. The summed E-state index contributed by atoms with van der Waals surface area (Å²) in [7, 11) is 1.74. The van der Waals surface area contributed by atoms with Crippen LogP contribution in [-0.4, -0.2) is 26.1 Å². The van der Waals surface area contributed by atoms with E-state index in [1.807, 2.05) is 0 Å². The van der Waals surface area contributed by atoms with Crippen molar-refractivity contribution in [2.24, 2.45) is 7.05 Å². The SMILES string of the molecule is Cn1nnnc1-c1ccc(C(=O)Nc2ccc(F)cc2)cc1. The van der Waals surface area contributed by atoms with Crippen molar-refractivity contribution in [1.29, 1.82) is 0 Å². The summed E-state index contributed by atoms with van der Waals surface area (Å²) in [5.41, 5.74) is 1.84. The van der Waals surface area contributed by atoms with Crippen molar-refractivity contribution in [3.63, 3.8) is 0 Å². The van der Waals surface area contributed by atoms with Crippen molar-refractivity contribution in [3.8, 4) is 11.4 Å². The van der Waals surface area contributed by atoms with Crippen molar-refractivity contribution in [3.05, 3.63) is 59.9 Å². The molecule has 3 aromatic rings. The highest BCUT2D eigenvalue weighted by Gasteiger charge is 2.09. The first kappa shape index (κ1) is 13.9. The fraction of sp³-hybridized carbons (Fsp3) is 0.0667. The molecule has 0 atom stereocenters. The van der Waals surface area contributed by atoms with Gasteiger partial charge in [-0.05, 0) is 46.8 Å². The van der Waals surface area contributed by atoms with Crippen LogP contribution in [-0.2, 0) is 7.05 Å². The van der Waals surface area contributed by atoms with Crippen LogP contribution in [0.1, 0.15) is 10.4 Å². The van der Waals surface area contributed by atoms with E-state index in [1.54, 1.807) is 36.0 Å². The Hall–Kier alpha value is -3.09. The van der Waals surface area contributed by atoms with E-state index < -0.39 is 0 Å².